The Morgan fingerprint density at radius 3 is 2.25 bits per heavy atom. The molecule has 3 aromatic rings. The van der Waals surface area contributed by atoms with Crippen molar-refractivity contribution in [3.8, 4) is 17.2 Å². The van der Waals surface area contributed by atoms with Gasteiger partial charge < -0.3 is 24.1 Å². The van der Waals surface area contributed by atoms with Crippen molar-refractivity contribution in [2.24, 2.45) is 7.05 Å². The monoisotopic (exact) mass is 381 g/mol. The maximum Gasteiger partial charge on any atom is 0.256 e. The van der Waals surface area contributed by atoms with Crippen LogP contribution in [-0.2, 0) is 7.05 Å². The van der Waals surface area contributed by atoms with E-state index in [1.54, 1.807) is 38.6 Å². The van der Waals surface area contributed by atoms with Gasteiger partial charge in [0.25, 0.3) is 5.91 Å². The van der Waals surface area contributed by atoms with Crippen molar-refractivity contribution in [1.82, 2.24) is 14.9 Å². The van der Waals surface area contributed by atoms with Gasteiger partial charge in [-0.25, -0.2) is 4.98 Å². The number of hydrogen-bond acceptors (Lipinski definition) is 5. The molecule has 1 heterocycles. The van der Waals surface area contributed by atoms with Crippen LogP contribution in [0.3, 0.4) is 0 Å². The molecule has 3 rings (SSSR count). The van der Waals surface area contributed by atoms with E-state index in [2.05, 4.69) is 10.3 Å². The van der Waals surface area contributed by atoms with Gasteiger partial charge in [-0.2, -0.15) is 0 Å². The van der Waals surface area contributed by atoms with Gasteiger partial charge in [-0.05, 0) is 35.9 Å². The van der Waals surface area contributed by atoms with Gasteiger partial charge in [0, 0.05) is 19.4 Å². The summed E-state index contributed by atoms with van der Waals surface area (Å²) in [5, 5.41) is 3.06. The quantitative estimate of drug-likeness (QED) is 0.681. The molecule has 1 unspecified atom stereocenters. The molecule has 1 amide bonds. The van der Waals surface area contributed by atoms with E-state index in [1.807, 2.05) is 42.1 Å². The van der Waals surface area contributed by atoms with Crippen LogP contribution in [0.5, 0.6) is 17.2 Å². The Bertz CT molecular complexity index is 951. The number of carbonyl (C=O) groups excluding carboxylic acids is 1. The minimum absolute atomic E-state index is 0.292. The Morgan fingerprint density at radius 1 is 1.00 bits per heavy atom. The molecule has 2 aromatic carbocycles. The summed E-state index contributed by atoms with van der Waals surface area (Å²) in [7, 11) is 6.58. The van der Waals surface area contributed by atoms with E-state index < -0.39 is 6.04 Å². The summed E-state index contributed by atoms with van der Waals surface area (Å²) in [6.07, 6.45) is 3.54. The van der Waals surface area contributed by atoms with Crippen LogP contribution in [0, 0.1) is 0 Å². The highest BCUT2D eigenvalue weighted by Crippen LogP contribution is 2.27. The Kier molecular flexibility index (Phi) is 5.84. The molecule has 0 radical (unpaired) electrons. The molecule has 0 spiro atoms. The first kappa shape index (κ1) is 19.3. The van der Waals surface area contributed by atoms with E-state index in [9.17, 15) is 4.79 Å². The van der Waals surface area contributed by atoms with Crippen LogP contribution >= 0.6 is 0 Å². The molecule has 146 valence electrons. The number of benzene rings is 2. The molecule has 1 N–H and O–H groups in total. The highest BCUT2D eigenvalue weighted by Gasteiger charge is 2.23. The molecule has 0 fully saturated rings. The molecule has 0 aliphatic rings. The van der Waals surface area contributed by atoms with E-state index >= 15 is 0 Å². The zero-order valence-corrected chi connectivity index (χ0v) is 16.3. The Labute approximate surface area is 163 Å². The summed E-state index contributed by atoms with van der Waals surface area (Å²) in [4.78, 5) is 17.5. The van der Waals surface area contributed by atoms with Gasteiger partial charge in [0.1, 0.15) is 29.1 Å². The number of rotatable bonds is 7. The van der Waals surface area contributed by atoms with Crippen molar-refractivity contribution < 1.29 is 19.0 Å². The van der Waals surface area contributed by atoms with E-state index in [-0.39, 0.29) is 5.91 Å². The third-order valence-corrected chi connectivity index (χ3v) is 4.49. The second-order valence-corrected chi connectivity index (χ2v) is 6.14. The molecule has 1 aromatic heterocycles. The number of hydrogen-bond donors (Lipinski definition) is 1. The van der Waals surface area contributed by atoms with Crippen LogP contribution in [0.4, 0.5) is 0 Å². The van der Waals surface area contributed by atoms with Gasteiger partial charge >= 0.3 is 0 Å². The Hall–Kier alpha value is -3.48. The number of imidazole rings is 1. The van der Waals surface area contributed by atoms with Crippen LogP contribution in [0.2, 0.25) is 0 Å². The van der Waals surface area contributed by atoms with Crippen molar-refractivity contribution in [1.29, 1.82) is 0 Å². The Morgan fingerprint density at radius 2 is 1.68 bits per heavy atom. The largest absolute Gasteiger partial charge is 0.497 e. The second kappa shape index (κ2) is 8.47. The third-order valence-electron chi connectivity index (χ3n) is 4.49. The van der Waals surface area contributed by atoms with E-state index in [0.717, 1.165) is 11.3 Å². The van der Waals surface area contributed by atoms with Crippen molar-refractivity contribution in [3.05, 3.63) is 71.8 Å². The molecular weight excluding hydrogens is 358 g/mol. The summed E-state index contributed by atoms with van der Waals surface area (Å²) in [6, 6.07) is 12.2. The van der Waals surface area contributed by atoms with Gasteiger partial charge in [0.05, 0.1) is 26.9 Å². The molecule has 0 bridgehead atoms. The molecular formula is C21H23N3O4. The fraction of sp³-hybridized carbons (Fsp3) is 0.238. The fourth-order valence-corrected chi connectivity index (χ4v) is 2.95. The van der Waals surface area contributed by atoms with Gasteiger partial charge in [-0.15, -0.1) is 0 Å². The molecule has 1 atom stereocenters. The zero-order valence-electron chi connectivity index (χ0n) is 16.3. The summed E-state index contributed by atoms with van der Waals surface area (Å²) in [5.74, 6) is 2.19. The van der Waals surface area contributed by atoms with E-state index in [1.165, 1.54) is 7.11 Å². The predicted octanol–water partition coefficient (Wildman–Crippen LogP) is 2.97. The van der Waals surface area contributed by atoms with Gasteiger partial charge in [-0.1, -0.05) is 12.1 Å². The number of methoxy groups -OCH3 is 3. The highest BCUT2D eigenvalue weighted by molar-refractivity contribution is 5.97. The van der Waals surface area contributed by atoms with Crippen molar-refractivity contribution in [2.45, 2.75) is 6.04 Å². The summed E-state index contributed by atoms with van der Waals surface area (Å²) in [6.45, 7) is 0. The summed E-state index contributed by atoms with van der Waals surface area (Å²) in [5.41, 5.74) is 1.26. The molecule has 28 heavy (non-hydrogen) atoms. The SMILES string of the molecule is COc1ccc(C(NC(=O)c2cc(OC)ccc2OC)c2nccn2C)cc1. The molecule has 0 aliphatic carbocycles. The lowest BCUT2D eigenvalue weighted by atomic mass is 10.0. The van der Waals surface area contributed by atoms with Crippen molar-refractivity contribution >= 4 is 5.91 Å². The summed E-state index contributed by atoms with van der Waals surface area (Å²) >= 11 is 0. The third kappa shape index (κ3) is 3.93. The van der Waals surface area contributed by atoms with Crippen molar-refractivity contribution in [2.75, 3.05) is 21.3 Å². The molecule has 7 nitrogen and oxygen atoms in total. The number of ether oxygens (including phenoxy) is 3. The average Bonchev–Trinajstić information content (AvgIpc) is 3.17. The minimum Gasteiger partial charge on any atom is -0.497 e. The predicted molar refractivity (Wildman–Crippen MR) is 105 cm³/mol. The number of nitrogens with one attached hydrogen (secondary N) is 1. The Balaban J connectivity index is 1.98. The molecule has 0 saturated carbocycles. The van der Waals surface area contributed by atoms with Gasteiger partial charge in [-0.3, -0.25) is 4.79 Å². The topological polar surface area (TPSA) is 74.6 Å². The normalized spacial score (nSPS) is 11.6. The smallest absolute Gasteiger partial charge is 0.256 e. The average molecular weight is 381 g/mol. The minimum atomic E-state index is -0.450. The molecule has 7 heteroatoms. The van der Waals surface area contributed by atoms with Crippen molar-refractivity contribution in [3.63, 3.8) is 0 Å². The van der Waals surface area contributed by atoms with Gasteiger partial charge in [0.2, 0.25) is 0 Å². The first-order valence-electron chi connectivity index (χ1n) is 8.71. The van der Waals surface area contributed by atoms with Gasteiger partial charge in [0.15, 0.2) is 0 Å². The van der Waals surface area contributed by atoms with Crippen LogP contribution in [0.15, 0.2) is 54.9 Å². The standard InChI is InChI=1S/C21H23N3O4/c1-24-12-11-22-20(24)19(14-5-7-15(26-2)8-6-14)23-21(25)17-13-16(27-3)9-10-18(17)28-4/h5-13,19H,1-4H3,(H,23,25). The van der Waals surface area contributed by atoms with Crippen LogP contribution in [0.1, 0.15) is 27.8 Å². The number of aryl methyl sites for hydroxylation is 1. The van der Waals surface area contributed by atoms with E-state index in [4.69, 9.17) is 14.2 Å². The number of nitrogens with zero attached hydrogens (tertiary/aromatic N) is 2. The maximum absolute atomic E-state index is 13.1. The van der Waals surface area contributed by atoms with Crippen LogP contribution in [-0.4, -0.2) is 36.8 Å². The number of carbonyl (C=O) groups is 1. The maximum atomic E-state index is 13.1. The second-order valence-electron chi connectivity index (χ2n) is 6.14. The fourth-order valence-electron chi connectivity index (χ4n) is 2.95. The van der Waals surface area contributed by atoms with Crippen LogP contribution in [0.25, 0.3) is 0 Å². The van der Waals surface area contributed by atoms with E-state index in [0.29, 0.717) is 22.9 Å². The zero-order chi connectivity index (χ0) is 20.1. The molecule has 0 saturated heterocycles. The first-order chi connectivity index (χ1) is 13.6. The first-order valence-corrected chi connectivity index (χ1v) is 8.71. The molecule has 0 aliphatic heterocycles. The lowest BCUT2D eigenvalue weighted by molar-refractivity contribution is 0.0937. The van der Waals surface area contributed by atoms with Crippen LogP contribution < -0.4 is 19.5 Å². The highest BCUT2D eigenvalue weighted by atomic mass is 16.5. The summed E-state index contributed by atoms with van der Waals surface area (Å²) < 4.78 is 17.7. The lowest BCUT2D eigenvalue weighted by Gasteiger charge is -2.20. The number of amides is 1. The lowest BCUT2D eigenvalue weighted by Crippen LogP contribution is -2.31. The number of aromatic nitrogens is 2.